The van der Waals surface area contributed by atoms with Crippen LogP contribution in [0.15, 0.2) is 54.6 Å². The molecular formula is C26H36N2O2. The van der Waals surface area contributed by atoms with Gasteiger partial charge in [-0.25, -0.2) is 0 Å². The molecule has 0 bridgehead atoms. The molecule has 0 fully saturated rings. The van der Waals surface area contributed by atoms with Gasteiger partial charge in [0, 0.05) is 19.5 Å². The lowest BCUT2D eigenvalue weighted by atomic mass is 10.00. The van der Waals surface area contributed by atoms with Gasteiger partial charge in [-0.2, -0.15) is 0 Å². The van der Waals surface area contributed by atoms with Crippen molar-refractivity contribution in [1.82, 2.24) is 10.2 Å². The monoisotopic (exact) mass is 408 g/mol. The fourth-order valence-corrected chi connectivity index (χ4v) is 3.36. The van der Waals surface area contributed by atoms with E-state index in [1.807, 2.05) is 37.3 Å². The predicted octanol–water partition coefficient (Wildman–Crippen LogP) is 5.08. The molecule has 0 saturated carbocycles. The van der Waals surface area contributed by atoms with E-state index in [2.05, 4.69) is 50.4 Å². The Balaban J connectivity index is 2.06. The van der Waals surface area contributed by atoms with Crippen molar-refractivity contribution in [2.45, 2.75) is 71.9 Å². The predicted molar refractivity (Wildman–Crippen MR) is 123 cm³/mol. The molecular weight excluding hydrogens is 372 g/mol. The molecule has 0 aliphatic rings. The van der Waals surface area contributed by atoms with Crippen LogP contribution in [-0.4, -0.2) is 29.3 Å². The van der Waals surface area contributed by atoms with Crippen molar-refractivity contribution in [1.29, 1.82) is 0 Å². The van der Waals surface area contributed by atoms with Gasteiger partial charge in [0.05, 0.1) is 0 Å². The summed E-state index contributed by atoms with van der Waals surface area (Å²) in [7, 11) is 0. The third-order valence-corrected chi connectivity index (χ3v) is 5.47. The van der Waals surface area contributed by atoms with Crippen LogP contribution in [0.3, 0.4) is 0 Å². The highest BCUT2D eigenvalue weighted by Crippen LogP contribution is 2.17. The molecule has 0 unspecified atom stereocenters. The average molecular weight is 409 g/mol. The maximum atomic E-state index is 13.1. The first-order valence-corrected chi connectivity index (χ1v) is 11.1. The second kappa shape index (κ2) is 12.2. The van der Waals surface area contributed by atoms with Gasteiger partial charge in [-0.15, -0.1) is 0 Å². The van der Waals surface area contributed by atoms with Gasteiger partial charge in [-0.05, 0) is 42.4 Å². The standard InChI is InChI=1S/C26H36N2O2/c1-5-6-18-27-26(30)21(4)28(19-23-10-8-7-9-11-23)25(29)17-14-22-12-15-24(16-13-22)20(2)3/h7-13,15-16,20-21H,5-6,14,17-19H2,1-4H3,(H,27,30)/t21-/m0/s1. The quantitative estimate of drug-likeness (QED) is 0.527. The molecule has 4 heteroatoms. The lowest BCUT2D eigenvalue weighted by Gasteiger charge is -2.29. The Hall–Kier alpha value is -2.62. The summed E-state index contributed by atoms with van der Waals surface area (Å²) in [5, 5.41) is 2.96. The van der Waals surface area contributed by atoms with Crippen molar-refractivity contribution < 1.29 is 9.59 Å². The zero-order valence-corrected chi connectivity index (χ0v) is 18.9. The van der Waals surface area contributed by atoms with Crippen molar-refractivity contribution >= 4 is 11.8 Å². The molecule has 0 heterocycles. The fraction of sp³-hybridized carbons (Fsp3) is 0.462. The topological polar surface area (TPSA) is 49.4 Å². The summed E-state index contributed by atoms with van der Waals surface area (Å²) in [6.07, 6.45) is 3.03. The van der Waals surface area contributed by atoms with Crippen LogP contribution in [0.1, 0.15) is 69.6 Å². The van der Waals surface area contributed by atoms with Crippen LogP contribution in [0.25, 0.3) is 0 Å². The lowest BCUT2D eigenvalue weighted by molar-refractivity contribution is -0.140. The fourth-order valence-electron chi connectivity index (χ4n) is 3.36. The molecule has 0 aliphatic carbocycles. The highest BCUT2D eigenvalue weighted by atomic mass is 16.2. The Kier molecular flexibility index (Phi) is 9.59. The van der Waals surface area contributed by atoms with Gasteiger partial charge in [0.2, 0.25) is 11.8 Å². The van der Waals surface area contributed by atoms with Crippen LogP contribution in [-0.2, 0) is 22.6 Å². The molecule has 0 radical (unpaired) electrons. The Morgan fingerprint density at radius 1 is 0.933 bits per heavy atom. The van der Waals surface area contributed by atoms with E-state index in [1.54, 1.807) is 4.90 Å². The summed E-state index contributed by atoms with van der Waals surface area (Å²) in [4.78, 5) is 27.4. The van der Waals surface area contributed by atoms with Crippen molar-refractivity contribution in [3.8, 4) is 0 Å². The van der Waals surface area contributed by atoms with Gasteiger partial charge in [0.15, 0.2) is 0 Å². The minimum atomic E-state index is -0.502. The second-order valence-corrected chi connectivity index (χ2v) is 8.22. The van der Waals surface area contributed by atoms with Crippen molar-refractivity contribution in [3.05, 3.63) is 71.3 Å². The van der Waals surface area contributed by atoms with Crippen LogP contribution in [0, 0.1) is 0 Å². The van der Waals surface area contributed by atoms with Crippen LogP contribution in [0.4, 0.5) is 0 Å². The number of nitrogens with zero attached hydrogens (tertiary/aromatic N) is 1. The number of nitrogens with one attached hydrogen (secondary N) is 1. The van der Waals surface area contributed by atoms with E-state index in [1.165, 1.54) is 5.56 Å². The first-order valence-electron chi connectivity index (χ1n) is 11.1. The molecule has 0 aliphatic heterocycles. The van der Waals surface area contributed by atoms with E-state index in [-0.39, 0.29) is 11.8 Å². The van der Waals surface area contributed by atoms with E-state index < -0.39 is 6.04 Å². The number of benzene rings is 2. The zero-order valence-electron chi connectivity index (χ0n) is 18.9. The first-order chi connectivity index (χ1) is 14.4. The zero-order chi connectivity index (χ0) is 21.9. The van der Waals surface area contributed by atoms with Gasteiger partial charge >= 0.3 is 0 Å². The SMILES string of the molecule is CCCCNC(=O)[C@H](C)N(Cc1ccccc1)C(=O)CCc1ccc(C(C)C)cc1. The van der Waals surface area contributed by atoms with Crippen LogP contribution >= 0.6 is 0 Å². The number of carbonyl (C=O) groups excluding carboxylic acids is 2. The Labute approximate surface area is 181 Å². The van der Waals surface area contributed by atoms with E-state index in [9.17, 15) is 9.59 Å². The third kappa shape index (κ3) is 7.33. The molecule has 2 rings (SSSR count). The van der Waals surface area contributed by atoms with Crippen molar-refractivity contribution in [3.63, 3.8) is 0 Å². The number of amides is 2. The Morgan fingerprint density at radius 3 is 2.20 bits per heavy atom. The molecule has 30 heavy (non-hydrogen) atoms. The summed E-state index contributed by atoms with van der Waals surface area (Å²) in [5.74, 6) is 0.410. The smallest absolute Gasteiger partial charge is 0.242 e. The number of hydrogen-bond acceptors (Lipinski definition) is 2. The van der Waals surface area contributed by atoms with Gasteiger partial charge in [-0.3, -0.25) is 9.59 Å². The highest BCUT2D eigenvalue weighted by molar-refractivity contribution is 5.87. The van der Waals surface area contributed by atoms with Crippen LogP contribution < -0.4 is 5.32 Å². The molecule has 0 aromatic heterocycles. The molecule has 1 N–H and O–H groups in total. The molecule has 1 atom stereocenters. The van der Waals surface area contributed by atoms with Crippen LogP contribution in [0.2, 0.25) is 0 Å². The summed E-state index contributed by atoms with van der Waals surface area (Å²) >= 11 is 0. The third-order valence-electron chi connectivity index (χ3n) is 5.47. The minimum Gasteiger partial charge on any atom is -0.354 e. The van der Waals surface area contributed by atoms with Gasteiger partial charge in [-0.1, -0.05) is 81.8 Å². The lowest BCUT2D eigenvalue weighted by Crippen LogP contribution is -2.47. The summed E-state index contributed by atoms with van der Waals surface area (Å²) in [6, 6.07) is 17.8. The maximum absolute atomic E-state index is 13.1. The molecule has 0 saturated heterocycles. The molecule has 2 aromatic rings. The summed E-state index contributed by atoms with van der Waals surface area (Å²) in [5.41, 5.74) is 3.47. The average Bonchev–Trinajstić information content (AvgIpc) is 2.76. The van der Waals surface area contributed by atoms with E-state index in [4.69, 9.17) is 0 Å². The largest absolute Gasteiger partial charge is 0.354 e. The molecule has 162 valence electrons. The minimum absolute atomic E-state index is 0.00457. The van der Waals surface area contributed by atoms with Gasteiger partial charge in [0.1, 0.15) is 6.04 Å². The number of unbranched alkanes of at least 4 members (excludes halogenated alkanes) is 1. The molecule has 0 spiro atoms. The van der Waals surface area contributed by atoms with E-state index in [0.717, 1.165) is 24.0 Å². The van der Waals surface area contributed by atoms with Crippen LogP contribution in [0.5, 0.6) is 0 Å². The molecule has 2 amide bonds. The van der Waals surface area contributed by atoms with Gasteiger partial charge in [0.25, 0.3) is 0 Å². The maximum Gasteiger partial charge on any atom is 0.242 e. The number of hydrogen-bond donors (Lipinski definition) is 1. The highest BCUT2D eigenvalue weighted by Gasteiger charge is 2.25. The van der Waals surface area contributed by atoms with E-state index in [0.29, 0.717) is 31.8 Å². The first kappa shape index (κ1) is 23.7. The Morgan fingerprint density at radius 2 is 1.60 bits per heavy atom. The van der Waals surface area contributed by atoms with Crippen molar-refractivity contribution in [2.75, 3.05) is 6.54 Å². The van der Waals surface area contributed by atoms with E-state index >= 15 is 0 Å². The summed E-state index contributed by atoms with van der Waals surface area (Å²) in [6.45, 7) is 9.34. The number of aryl methyl sites for hydroxylation is 1. The number of rotatable bonds is 11. The molecule has 4 nitrogen and oxygen atoms in total. The normalized spacial score (nSPS) is 11.9. The van der Waals surface area contributed by atoms with Gasteiger partial charge < -0.3 is 10.2 Å². The Bertz CT molecular complexity index is 784. The van der Waals surface area contributed by atoms with Crippen molar-refractivity contribution in [2.24, 2.45) is 0 Å². The second-order valence-electron chi connectivity index (χ2n) is 8.22. The summed E-state index contributed by atoms with van der Waals surface area (Å²) < 4.78 is 0. The number of carbonyl (C=O) groups is 2. The molecule has 2 aromatic carbocycles.